The van der Waals surface area contributed by atoms with E-state index < -0.39 is 0 Å². The molecule has 0 aliphatic heterocycles. The lowest BCUT2D eigenvalue weighted by molar-refractivity contribution is 0.102. The minimum Gasteiger partial charge on any atom is -0.361 e. The van der Waals surface area contributed by atoms with E-state index >= 15 is 0 Å². The second-order valence-corrected chi connectivity index (χ2v) is 6.94. The van der Waals surface area contributed by atoms with Crippen LogP contribution >= 0.6 is 0 Å². The van der Waals surface area contributed by atoms with E-state index in [0.29, 0.717) is 5.92 Å². The van der Waals surface area contributed by atoms with Gasteiger partial charge in [-0.25, -0.2) is 0 Å². The number of nitrogens with one attached hydrogen (secondary N) is 2. The highest BCUT2D eigenvalue weighted by atomic mass is 16.1. The number of hydrogen-bond acceptors (Lipinski definition) is 2. The van der Waals surface area contributed by atoms with Crippen molar-refractivity contribution < 1.29 is 4.79 Å². The molecule has 0 saturated carbocycles. The standard InChI is InChI=1S/C22H22N2O/c1-14(2)15-7-10-17(11-8-15)23-13-16-9-12-19-18-5-3-4-6-20(18)24-21(19)22(16)25/h3-8,10-11,13-14,23-24H,9,12H2,1-2H3. The number of ketones is 1. The van der Waals surface area contributed by atoms with Gasteiger partial charge in [0.1, 0.15) is 0 Å². The highest BCUT2D eigenvalue weighted by Crippen LogP contribution is 2.31. The van der Waals surface area contributed by atoms with Gasteiger partial charge in [-0.05, 0) is 48.1 Å². The number of aryl methyl sites for hydroxylation is 1. The molecule has 0 bridgehead atoms. The fraction of sp³-hybridized carbons (Fsp3) is 0.227. The third-order valence-electron chi connectivity index (χ3n) is 4.97. The fourth-order valence-corrected chi connectivity index (χ4v) is 3.46. The summed E-state index contributed by atoms with van der Waals surface area (Å²) in [4.78, 5) is 16.1. The average molecular weight is 330 g/mol. The van der Waals surface area contributed by atoms with Gasteiger partial charge >= 0.3 is 0 Å². The number of aromatic nitrogens is 1. The second kappa shape index (κ2) is 6.25. The van der Waals surface area contributed by atoms with E-state index in [-0.39, 0.29) is 5.78 Å². The molecule has 0 amide bonds. The van der Waals surface area contributed by atoms with Gasteiger partial charge in [0, 0.05) is 28.4 Å². The molecule has 3 heteroatoms. The van der Waals surface area contributed by atoms with Crippen LogP contribution in [0.25, 0.3) is 10.9 Å². The number of H-pyrrole nitrogens is 1. The van der Waals surface area contributed by atoms with Gasteiger partial charge in [0.2, 0.25) is 5.78 Å². The van der Waals surface area contributed by atoms with Crippen molar-refractivity contribution in [3.8, 4) is 0 Å². The molecule has 0 radical (unpaired) electrons. The number of rotatable bonds is 3. The first-order valence-electron chi connectivity index (χ1n) is 8.83. The summed E-state index contributed by atoms with van der Waals surface area (Å²) < 4.78 is 0. The molecule has 3 nitrogen and oxygen atoms in total. The lowest BCUT2D eigenvalue weighted by Gasteiger charge is -2.14. The van der Waals surface area contributed by atoms with Crippen molar-refractivity contribution in [3.63, 3.8) is 0 Å². The van der Waals surface area contributed by atoms with E-state index in [4.69, 9.17) is 0 Å². The van der Waals surface area contributed by atoms with Gasteiger partial charge < -0.3 is 10.3 Å². The molecule has 3 aromatic rings. The molecule has 1 aromatic heterocycles. The van der Waals surface area contributed by atoms with Gasteiger partial charge in [0.05, 0.1) is 5.69 Å². The molecule has 1 heterocycles. The predicted octanol–water partition coefficient (Wildman–Crippen LogP) is 5.42. The van der Waals surface area contributed by atoms with Crippen molar-refractivity contribution in [2.75, 3.05) is 5.32 Å². The topological polar surface area (TPSA) is 44.9 Å². The molecule has 0 spiro atoms. The van der Waals surface area contributed by atoms with Crippen molar-refractivity contribution in [2.24, 2.45) is 0 Å². The zero-order valence-corrected chi connectivity index (χ0v) is 14.6. The number of allylic oxidation sites excluding steroid dienone is 1. The number of para-hydroxylation sites is 1. The maximum Gasteiger partial charge on any atom is 0.206 e. The largest absolute Gasteiger partial charge is 0.361 e. The number of hydrogen-bond donors (Lipinski definition) is 2. The van der Waals surface area contributed by atoms with Gasteiger partial charge in [0.15, 0.2) is 0 Å². The third kappa shape index (κ3) is 2.86. The molecule has 0 fully saturated rings. The first kappa shape index (κ1) is 15.7. The first-order valence-corrected chi connectivity index (χ1v) is 8.83. The molecule has 126 valence electrons. The SMILES string of the molecule is CC(C)c1ccc(NC=C2CCc3c([nH]c4ccccc34)C2=O)cc1. The van der Waals surface area contributed by atoms with Gasteiger partial charge in [-0.1, -0.05) is 44.2 Å². The van der Waals surface area contributed by atoms with Gasteiger partial charge in [-0.3, -0.25) is 4.79 Å². The zero-order valence-electron chi connectivity index (χ0n) is 14.6. The van der Waals surface area contributed by atoms with Crippen LogP contribution in [-0.2, 0) is 6.42 Å². The van der Waals surface area contributed by atoms with E-state index in [2.05, 4.69) is 54.5 Å². The summed E-state index contributed by atoms with van der Waals surface area (Å²) in [6.45, 7) is 4.37. The lowest BCUT2D eigenvalue weighted by atomic mass is 9.91. The molecule has 0 atom stereocenters. The summed E-state index contributed by atoms with van der Waals surface area (Å²) in [6, 6.07) is 16.5. The predicted molar refractivity (Wildman–Crippen MR) is 103 cm³/mol. The minimum absolute atomic E-state index is 0.101. The van der Waals surface area contributed by atoms with Crippen LogP contribution in [0, 0.1) is 0 Å². The van der Waals surface area contributed by atoms with Crippen LogP contribution in [0.4, 0.5) is 5.69 Å². The molecule has 2 aromatic carbocycles. The van der Waals surface area contributed by atoms with Gasteiger partial charge in [-0.2, -0.15) is 0 Å². The van der Waals surface area contributed by atoms with Crippen LogP contribution in [0.3, 0.4) is 0 Å². The fourth-order valence-electron chi connectivity index (χ4n) is 3.46. The van der Waals surface area contributed by atoms with Crippen molar-refractivity contribution in [1.29, 1.82) is 0 Å². The van der Waals surface area contributed by atoms with Crippen LogP contribution in [0.5, 0.6) is 0 Å². The highest BCUT2D eigenvalue weighted by molar-refractivity contribution is 6.13. The summed E-state index contributed by atoms with van der Waals surface area (Å²) in [5, 5.41) is 4.45. The smallest absolute Gasteiger partial charge is 0.206 e. The molecular formula is C22H22N2O. The molecule has 1 aliphatic rings. The van der Waals surface area contributed by atoms with E-state index in [1.54, 1.807) is 0 Å². The number of aromatic amines is 1. The second-order valence-electron chi connectivity index (χ2n) is 6.94. The zero-order chi connectivity index (χ0) is 17.4. The Morgan fingerprint density at radius 3 is 2.56 bits per heavy atom. The van der Waals surface area contributed by atoms with Crippen LogP contribution in [0.15, 0.2) is 60.3 Å². The maximum atomic E-state index is 12.8. The number of anilines is 1. The summed E-state index contributed by atoms with van der Waals surface area (Å²) >= 11 is 0. The molecule has 25 heavy (non-hydrogen) atoms. The maximum absolute atomic E-state index is 12.8. The Kier molecular flexibility index (Phi) is 3.92. The van der Waals surface area contributed by atoms with E-state index in [0.717, 1.165) is 40.9 Å². The van der Waals surface area contributed by atoms with Crippen LogP contribution in [0.1, 0.15) is 47.8 Å². The Balaban J connectivity index is 1.57. The van der Waals surface area contributed by atoms with E-state index in [1.807, 2.05) is 24.4 Å². The number of benzene rings is 2. The number of carbonyl (C=O) groups excluding carboxylic acids is 1. The summed E-state index contributed by atoms with van der Waals surface area (Å²) in [5.41, 5.74) is 6.09. The van der Waals surface area contributed by atoms with Crippen molar-refractivity contribution in [2.45, 2.75) is 32.6 Å². The molecule has 1 aliphatic carbocycles. The highest BCUT2D eigenvalue weighted by Gasteiger charge is 2.25. The molecule has 2 N–H and O–H groups in total. The van der Waals surface area contributed by atoms with Crippen molar-refractivity contribution in [1.82, 2.24) is 4.98 Å². The van der Waals surface area contributed by atoms with Crippen LogP contribution < -0.4 is 5.32 Å². The Labute approximate surface area is 147 Å². The van der Waals surface area contributed by atoms with E-state index in [9.17, 15) is 4.79 Å². The lowest BCUT2D eigenvalue weighted by Crippen LogP contribution is -2.14. The Morgan fingerprint density at radius 2 is 1.80 bits per heavy atom. The van der Waals surface area contributed by atoms with Gasteiger partial charge in [-0.15, -0.1) is 0 Å². The molecule has 0 saturated heterocycles. The van der Waals surface area contributed by atoms with Gasteiger partial charge in [0.25, 0.3) is 0 Å². The Morgan fingerprint density at radius 1 is 1.04 bits per heavy atom. The molecule has 0 unspecified atom stereocenters. The first-order chi connectivity index (χ1) is 12.1. The third-order valence-corrected chi connectivity index (χ3v) is 4.97. The van der Waals surface area contributed by atoms with Crippen molar-refractivity contribution in [3.05, 3.63) is 77.1 Å². The quantitative estimate of drug-likeness (QED) is 0.630. The monoisotopic (exact) mass is 330 g/mol. The van der Waals surface area contributed by atoms with Crippen molar-refractivity contribution >= 4 is 22.4 Å². The Bertz CT molecular complexity index is 961. The molecular weight excluding hydrogens is 308 g/mol. The average Bonchev–Trinajstić information content (AvgIpc) is 3.01. The van der Waals surface area contributed by atoms with Crippen LogP contribution in [0.2, 0.25) is 0 Å². The number of fused-ring (bicyclic) bond motifs is 3. The Hall–Kier alpha value is -2.81. The summed E-state index contributed by atoms with van der Waals surface area (Å²) in [6.07, 6.45) is 3.52. The minimum atomic E-state index is 0.101. The normalized spacial score (nSPS) is 15.8. The summed E-state index contributed by atoms with van der Waals surface area (Å²) in [7, 11) is 0. The number of carbonyl (C=O) groups is 1. The van der Waals surface area contributed by atoms with Crippen LogP contribution in [-0.4, -0.2) is 10.8 Å². The number of Topliss-reactive ketones (excluding diaryl/α,β-unsaturated/α-hetero) is 1. The van der Waals surface area contributed by atoms with E-state index in [1.165, 1.54) is 10.9 Å². The summed E-state index contributed by atoms with van der Waals surface area (Å²) in [5.74, 6) is 0.622. The molecule has 4 rings (SSSR count).